The van der Waals surface area contributed by atoms with E-state index in [1.807, 2.05) is 0 Å². The summed E-state index contributed by atoms with van der Waals surface area (Å²) in [6.07, 6.45) is -5.85. The molecule has 0 aromatic heterocycles. The Morgan fingerprint density at radius 3 is 2.38 bits per heavy atom. The molecule has 13 heavy (non-hydrogen) atoms. The lowest BCUT2D eigenvalue weighted by Gasteiger charge is -2.06. The average molecular weight is 195 g/mol. The summed E-state index contributed by atoms with van der Waals surface area (Å²) in [6.45, 7) is 5.42. The summed E-state index contributed by atoms with van der Waals surface area (Å²) in [5.41, 5.74) is 0.709. The van der Waals surface area contributed by atoms with Gasteiger partial charge < -0.3 is 5.32 Å². The van der Waals surface area contributed by atoms with Crippen LogP contribution in [0.4, 0.5) is 13.2 Å². The molecule has 0 bridgehead atoms. The first-order valence-electron chi connectivity index (χ1n) is 3.79. The Kier molecular flexibility index (Phi) is 4.51. The number of nitrogens with one attached hydrogen (secondary N) is 1. The summed E-state index contributed by atoms with van der Waals surface area (Å²) in [7, 11) is 0. The van der Waals surface area contributed by atoms with E-state index in [1.54, 1.807) is 6.92 Å². The highest BCUT2D eigenvalue weighted by Gasteiger charge is 2.27. The van der Waals surface area contributed by atoms with E-state index in [9.17, 15) is 18.0 Å². The zero-order chi connectivity index (χ0) is 10.5. The number of rotatable bonds is 4. The van der Waals surface area contributed by atoms with Gasteiger partial charge in [-0.15, -0.1) is 0 Å². The van der Waals surface area contributed by atoms with Crippen molar-refractivity contribution in [2.75, 3.05) is 6.54 Å². The number of carbonyl (C=O) groups is 1. The first-order valence-corrected chi connectivity index (χ1v) is 3.79. The monoisotopic (exact) mass is 195 g/mol. The van der Waals surface area contributed by atoms with Gasteiger partial charge >= 0.3 is 6.18 Å². The van der Waals surface area contributed by atoms with Crippen LogP contribution in [0.2, 0.25) is 0 Å². The highest BCUT2D eigenvalue weighted by Crippen LogP contribution is 2.20. The van der Waals surface area contributed by atoms with Gasteiger partial charge in [-0.05, 0) is 6.92 Å². The van der Waals surface area contributed by atoms with Gasteiger partial charge in [0.1, 0.15) is 0 Å². The maximum atomic E-state index is 11.6. The van der Waals surface area contributed by atoms with Crippen molar-refractivity contribution >= 4 is 5.91 Å². The number of amides is 1. The number of hydrogen-bond acceptors (Lipinski definition) is 1. The summed E-state index contributed by atoms with van der Waals surface area (Å²) in [5.74, 6) is -0.597. The summed E-state index contributed by atoms with van der Waals surface area (Å²) in [6, 6.07) is 0. The summed E-state index contributed by atoms with van der Waals surface area (Å²) >= 11 is 0. The average Bonchev–Trinajstić information content (AvgIpc) is 1.95. The molecule has 2 nitrogen and oxygen atoms in total. The Morgan fingerprint density at radius 2 is 2.00 bits per heavy atom. The molecule has 0 aliphatic heterocycles. The van der Waals surface area contributed by atoms with Crippen LogP contribution in [0.15, 0.2) is 12.2 Å². The third kappa shape index (κ3) is 8.91. The Hall–Kier alpha value is -1.00. The molecule has 0 aliphatic rings. The summed E-state index contributed by atoms with van der Waals surface area (Å²) < 4.78 is 34.9. The second-order valence-corrected chi connectivity index (χ2v) is 2.85. The van der Waals surface area contributed by atoms with E-state index in [2.05, 4.69) is 11.9 Å². The molecule has 0 aromatic rings. The van der Waals surface area contributed by atoms with Crippen molar-refractivity contribution in [3.8, 4) is 0 Å². The molecule has 1 amide bonds. The molecule has 0 aliphatic carbocycles. The normalized spacial score (nSPS) is 11.1. The predicted octanol–water partition coefficient (Wildman–Crippen LogP) is 2.02. The molecule has 76 valence electrons. The van der Waals surface area contributed by atoms with Crippen molar-refractivity contribution in [3.63, 3.8) is 0 Å². The summed E-state index contributed by atoms with van der Waals surface area (Å²) in [5, 5.41) is 2.32. The second-order valence-electron chi connectivity index (χ2n) is 2.85. The lowest BCUT2D eigenvalue weighted by Crippen LogP contribution is -2.26. The maximum absolute atomic E-state index is 11.6. The van der Waals surface area contributed by atoms with Gasteiger partial charge in [0.15, 0.2) is 0 Å². The number of alkyl halides is 3. The van der Waals surface area contributed by atoms with Crippen LogP contribution in [-0.4, -0.2) is 18.6 Å². The molecule has 0 rings (SSSR count). The van der Waals surface area contributed by atoms with Crippen LogP contribution in [0.3, 0.4) is 0 Å². The van der Waals surface area contributed by atoms with E-state index in [1.165, 1.54) is 0 Å². The molecule has 0 radical (unpaired) electrons. The molecular formula is C8H12F3NO. The van der Waals surface area contributed by atoms with Gasteiger partial charge in [-0.3, -0.25) is 4.79 Å². The largest absolute Gasteiger partial charge is 0.389 e. The quantitative estimate of drug-likeness (QED) is 0.683. The number of halogens is 3. The predicted molar refractivity (Wildman–Crippen MR) is 43.1 cm³/mol. The van der Waals surface area contributed by atoms with Crippen LogP contribution < -0.4 is 5.32 Å². The smallest absolute Gasteiger partial charge is 0.352 e. The fourth-order valence-corrected chi connectivity index (χ4v) is 0.593. The molecule has 5 heteroatoms. The van der Waals surface area contributed by atoms with Crippen LogP contribution in [0.1, 0.15) is 19.8 Å². The molecule has 0 aromatic carbocycles. The highest BCUT2D eigenvalue weighted by atomic mass is 19.4. The highest BCUT2D eigenvalue weighted by molar-refractivity contribution is 5.76. The van der Waals surface area contributed by atoms with Gasteiger partial charge in [-0.1, -0.05) is 12.2 Å². The third-order valence-corrected chi connectivity index (χ3v) is 1.22. The molecule has 0 saturated carbocycles. The van der Waals surface area contributed by atoms with Crippen LogP contribution in [0.25, 0.3) is 0 Å². The first-order chi connectivity index (χ1) is 5.81. The molecular weight excluding hydrogens is 183 g/mol. The van der Waals surface area contributed by atoms with Crippen LogP contribution in [-0.2, 0) is 4.79 Å². The standard InChI is InChI=1S/C8H12F3NO/c1-6(2)5-12-7(13)3-4-8(9,10)11/h1,3-5H2,2H3,(H,12,13). The van der Waals surface area contributed by atoms with E-state index in [0.29, 0.717) is 5.57 Å². The van der Waals surface area contributed by atoms with Gasteiger partial charge in [0.25, 0.3) is 0 Å². The molecule has 0 unspecified atom stereocenters. The van der Waals surface area contributed by atoms with Crippen LogP contribution in [0, 0.1) is 0 Å². The van der Waals surface area contributed by atoms with Crippen molar-refractivity contribution in [1.82, 2.24) is 5.32 Å². The Bertz CT molecular complexity index is 198. The fourth-order valence-electron chi connectivity index (χ4n) is 0.593. The van der Waals surface area contributed by atoms with E-state index in [4.69, 9.17) is 0 Å². The third-order valence-electron chi connectivity index (χ3n) is 1.22. The van der Waals surface area contributed by atoms with E-state index >= 15 is 0 Å². The molecule has 0 fully saturated rings. The topological polar surface area (TPSA) is 29.1 Å². The minimum Gasteiger partial charge on any atom is -0.352 e. The van der Waals surface area contributed by atoms with Crippen molar-refractivity contribution in [2.45, 2.75) is 25.9 Å². The fraction of sp³-hybridized carbons (Fsp3) is 0.625. The van der Waals surface area contributed by atoms with Gasteiger partial charge in [0, 0.05) is 13.0 Å². The first kappa shape index (κ1) is 12.0. The lowest BCUT2D eigenvalue weighted by molar-refractivity contribution is -0.144. The SMILES string of the molecule is C=C(C)CNC(=O)CCC(F)(F)F. The van der Waals surface area contributed by atoms with Crippen molar-refractivity contribution < 1.29 is 18.0 Å². The lowest BCUT2D eigenvalue weighted by atomic mass is 10.3. The van der Waals surface area contributed by atoms with Crippen molar-refractivity contribution in [1.29, 1.82) is 0 Å². The number of carbonyl (C=O) groups excluding carboxylic acids is 1. The van der Waals surface area contributed by atoms with Gasteiger partial charge in [-0.2, -0.15) is 13.2 Å². The molecule has 1 N–H and O–H groups in total. The minimum absolute atomic E-state index is 0.233. The zero-order valence-corrected chi connectivity index (χ0v) is 7.37. The molecule has 0 saturated heterocycles. The van der Waals surface area contributed by atoms with Crippen molar-refractivity contribution in [2.24, 2.45) is 0 Å². The molecule has 0 atom stereocenters. The summed E-state index contributed by atoms with van der Waals surface area (Å²) in [4.78, 5) is 10.7. The van der Waals surface area contributed by atoms with Crippen LogP contribution in [0.5, 0.6) is 0 Å². The van der Waals surface area contributed by atoms with Gasteiger partial charge in [-0.25, -0.2) is 0 Å². The Balaban J connectivity index is 3.58. The van der Waals surface area contributed by atoms with E-state index < -0.39 is 24.9 Å². The molecule has 0 spiro atoms. The molecule has 0 heterocycles. The maximum Gasteiger partial charge on any atom is 0.389 e. The Morgan fingerprint density at radius 1 is 1.46 bits per heavy atom. The minimum atomic E-state index is -4.26. The number of hydrogen-bond donors (Lipinski definition) is 1. The van der Waals surface area contributed by atoms with Crippen molar-refractivity contribution in [3.05, 3.63) is 12.2 Å². The van der Waals surface area contributed by atoms with Gasteiger partial charge in [0.05, 0.1) is 6.42 Å². The van der Waals surface area contributed by atoms with Gasteiger partial charge in [0.2, 0.25) is 5.91 Å². The second kappa shape index (κ2) is 4.89. The Labute approximate surface area is 74.8 Å². The van der Waals surface area contributed by atoms with E-state index in [0.717, 1.165) is 0 Å². The van der Waals surface area contributed by atoms with Crippen LogP contribution >= 0.6 is 0 Å². The van der Waals surface area contributed by atoms with E-state index in [-0.39, 0.29) is 6.54 Å². The zero-order valence-electron chi connectivity index (χ0n) is 7.37.